The monoisotopic (exact) mass is 240 g/mol. The van der Waals surface area contributed by atoms with Crippen LogP contribution < -0.4 is 4.31 Å². The third-order valence-corrected chi connectivity index (χ3v) is 3.96. The van der Waals surface area contributed by atoms with E-state index >= 15 is 0 Å². The standard InChI is InChI=1S/C11H16N2O2S/c1-8(2)9-4-5-11-10(12-9)6-7-13(11)16(3,14)15/h4-5,8H,6-7H2,1-3H3. The van der Waals surface area contributed by atoms with Gasteiger partial charge in [-0.25, -0.2) is 8.42 Å². The van der Waals surface area contributed by atoms with Crippen molar-refractivity contribution < 1.29 is 8.42 Å². The minimum Gasteiger partial charge on any atom is -0.268 e. The molecule has 16 heavy (non-hydrogen) atoms. The fourth-order valence-electron chi connectivity index (χ4n) is 1.92. The molecule has 1 aliphatic rings. The Labute approximate surface area is 96.4 Å². The van der Waals surface area contributed by atoms with Gasteiger partial charge in [0.25, 0.3) is 0 Å². The minimum absolute atomic E-state index is 0.373. The zero-order valence-electron chi connectivity index (χ0n) is 9.77. The Balaban J connectivity index is 2.44. The summed E-state index contributed by atoms with van der Waals surface area (Å²) in [6.45, 7) is 4.68. The van der Waals surface area contributed by atoms with E-state index in [4.69, 9.17) is 0 Å². The fraction of sp³-hybridized carbons (Fsp3) is 0.545. The number of sulfonamides is 1. The van der Waals surface area contributed by atoms with Gasteiger partial charge in [0.05, 0.1) is 17.6 Å². The van der Waals surface area contributed by atoms with Crippen molar-refractivity contribution in [3.8, 4) is 0 Å². The highest BCUT2D eigenvalue weighted by Crippen LogP contribution is 2.29. The molecule has 0 fully saturated rings. The van der Waals surface area contributed by atoms with Crippen molar-refractivity contribution >= 4 is 15.7 Å². The summed E-state index contributed by atoms with van der Waals surface area (Å²) < 4.78 is 24.5. The summed E-state index contributed by atoms with van der Waals surface area (Å²) in [6, 6.07) is 3.78. The van der Waals surface area contributed by atoms with Crippen molar-refractivity contribution in [1.29, 1.82) is 0 Å². The first-order valence-electron chi connectivity index (χ1n) is 5.37. The van der Waals surface area contributed by atoms with Gasteiger partial charge in [-0.1, -0.05) is 13.8 Å². The zero-order chi connectivity index (χ0) is 11.9. The first-order chi connectivity index (χ1) is 7.39. The molecule has 4 nitrogen and oxygen atoms in total. The van der Waals surface area contributed by atoms with E-state index in [1.165, 1.54) is 10.6 Å². The molecule has 0 aromatic carbocycles. The van der Waals surface area contributed by atoms with E-state index in [2.05, 4.69) is 18.8 Å². The van der Waals surface area contributed by atoms with Crippen molar-refractivity contribution in [2.75, 3.05) is 17.1 Å². The second-order valence-corrected chi connectivity index (χ2v) is 6.35. The molecule has 0 saturated heterocycles. The number of fused-ring (bicyclic) bond motifs is 1. The van der Waals surface area contributed by atoms with Crippen LogP contribution in [0.5, 0.6) is 0 Å². The van der Waals surface area contributed by atoms with Crippen LogP contribution in [-0.4, -0.2) is 26.2 Å². The smallest absolute Gasteiger partial charge is 0.232 e. The first kappa shape index (κ1) is 11.4. The van der Waals surface area contributed by atoms with Crippen LogP contribution in [0.4, 0.5) is 5.69 Å². The molecule has 1 aromatic heterocycles. The van der Waals surface area contributed by atoms with Crippen LogP contribution in [0.15, 0.2) is 12.1 Å². The number of rotatable bonds is 2. The number of pyridine rings is 1. The summed E-state index contributed by atoms with van der Waals surface area (Å²) in [5.41, 5.74) is 2.66. The quantitative estimate of drug-likeness (QED) is 0.787. The van der Waals surface area contributed by atoms with Crippen LogP contribution in [0, 0.1) is 0 Å². The highest BCUT2D eigenvalue weighted by atomic mass is 32.2. The summed E-state index contributed by atoms with van der Waals surface area (Å²) in [4.78, 5) is 4.51. The van der Waals surface area contributed by atoms with Gasteiger partial charge in [-0.05, 0) is 18.1 Å². The van der Waals surface area contributed by atoms with Gasteiger partial charge in [-0.15, -0.1) is 0 Å². The van der Waals surface area contributed by atoms with E-state index in [0.29, 0.717) is 18.9 Å². The largest absolute Gasteiger partial charge is 0.268 e. The lowest BCUT2D eigenvalue weighted by Gasteiger charge is -2.16. The molecule has 1 aliphatic heterocycles. The molecule has 0 amide bonds. The first-order valence-corrected chi connectivity index (χ1v) is 7.22. The molecule has 0 radical (unpaired) electrons. The predicted octanol–water partition coefficient (Wildman–Crippen LogP) is 1.53. The molecule has 0 saturated carbocycles. The molecule has 0 N–H and O–H groups in total. The van der Waals surface area contributed by atoms with Gasteiger partial charge in [0, 0.05) is 18.7 Å². The van der Waals surface area contributed by atoms with Gasteiger partial charge < -0.3 is 0 Å². The second-order valence-electron chi connectivity index (χ2n) is 4.44. The average Bonchev–Trinajstić information content (AvgIpc) is 2.58. The summed E-state index contributed by atoms with van der Waals surface area (Å²) in [7, 11) is -3.16. The number of nitrogens with zero attached hydrogens (tertiary/aromatic N) is 2. The summed E-state index contributed by atoms with van der Waals surface area (Å²) in [5.74, 6) is 0.373. The van der Waals surface area contributed by atoms with Gasteiger partial charge in [0.1, 0.15) is 0 Å². The SMILES string of the molecule is CC(C)c1ccc2c(n1)CCN2S(C)(=O)=O. The van der Waals surface area contributed by atoms with Gasteiger partial charge in [0.2, 0.25) is 10.0 Å². The Kier molecular flexibility index (Phi) is 2.66. The van der Waals surface area contributed by atoms with E-state index < -0.39 is 10.0 Å². The number of anilines is 1. The summed E-state index contributed by atoms with van der Waals surface area (Å²) in [6.07, 6.45) is 1.95. The Morgan fingerprint density at radius 2 is 2.06 bits per heavy atom. The lowest BCUT2D eigenvalue weighted by molar-refractivity contribution is 0.598. The maximum atomic E-state index is 11.5. The van der Waals surface area contributed by atoms with Gasteiger partial charge in [-0.3, -0.25) is 9.29 Å². The van der Waals surface area contributed by atoms with Crippen LogP contribution in [0.3, 0.4) is 0 Å². The minimum atomic E-state index is -3.16. The van der Waals surface area contributed by atoms with Crippen molar-refractivity contribution in [2.24, 2.45) is 0 Å². The van der Waals surface area contributed by atoms with E-state index in [9.17, 15) is 8.42 Å². The fourth-order valence-corrected chi connectivity index (χ4v) is 2.86. The van der Waals surface area contributed by atoms with Crippen LogP contribution >= 0.6 is 0 Å². The molecule has 2 heterocycles. The Morgan fingerprint density at radius 1 is 1.38 bits per heavy atom. The maximum absolute atomic E-state index is 11.5. The van der Waals surface area contributed by atoms with Crippen LogP contribution in [-0.2, 0) is 16.4 Å². The summed E-state index contributed by atoms with van der Waals surface area (Å²) in [5, 5.41) is 0. The predicted molar refractivity (Wildman–Crippen MR) is 64.2 cm³/mol. The molecule has 0 spiro atoms. The van der Waals surface area contributed by atoms with Crippen LogP contribution in [0.1, 0.15) is 31.2 Å². The normalized spacial score (nSPS) is 15.6. The van der Waals surface area contributed by atoms with Gasteiger partial charge in [-0.2, -0.15) is 0 Å². The summed E-state index contributed by atoms with van der Waals surface area (Å²) >= 11 is 0. The topological polar surface area (TPSA) is 50.3 Å². The van der Waals surface area contributed by atoms with Crippen LogP contribution in [0.25, 0.3) is 0 Å². The average molecular weight is 240 g/mol. The van der Waals surface area contributed by atoms with E-state index in [1.54, 1.807) is 0 Å². The Bertz CT molecular complexity index is 509. The Hall–Kier alpha value is -1.10. The molecule has 0 atom stereocenters. The van der Waals surface area contributed by atoms with Crippen molar-refractivity contribution in [2.45, 2.75) is 26.2 Å². The molecular formula is C11H16N2O2S. The lowest BCUT2D eigenvalue weighted by Crippen LogP contribution is -2.27. The third kappa shape index (κ3) is 1.91. The number of hydrogen-bond donors (Lipinski definition) is 0. The number of aromatic nitrogens is 1. The molecule has 0 unspecified atom stereocenters. The van der Waals surface area contributed by atoms with Crippen molar-refractivity contribution in [3.63, 3.8) is 0 Å². The molecule has 88 valence electrons. The highest BCUT2D eigenvalue weighted by molar-refractivity contribution is 7.92. The molecule has 2 rings (SSSR count). The molecular weight excluding hydrogens is 224 g/mol. The van der Waals surface area contributed by atoms with Crippen molar-refractivity contribution in [3.05, 3.63) is 23.5 Å². The zero-order valence-corrected chi connectivity index (χ0v) is 10.6. The maximum Gasteiger partial charge on any atom is 0.232 e. The highest BCUT2D eigenvalue weighted by Gasteiger charge is 2.27. The molecule has 5 heteroatoms. The molecule has 0 aliphatic carbocycles. The van der Waals surface area contributed by atoms with Gasteiger partial charge in [0.15, 0.2) is 0 Å². The second kappa shape index (κ2) is 3.73. The van der Waals surface area contributed by atoms with E-state index in [0.717, 1.165) is 17.1 Å². The van der Waals surface area contributed by atoms with Crippen molar-refractivity contribution in [1.82, 2.24) is 4.98 Å². The van der Waals surface area contributed by atoms with E-state index in [1.807, 2.05) is 12.1 Å². The number of hydrogen-bond acceptors (Lipinski definition) is 3. The molecule has 1 aromatic rings. The third-order valence-electron chi connectivity index (χ3n) is 2.78. The van der Waals surface area contributed by atoms with E-state index in [-0.39, 0.29) is 0 Å². The Morgan fingerprint density at radius 3 is 2.62 bits per heavy atom. The van der Waals surface area contributed by atoms with Crippen LogP contribution in [0.2, 0.25) is 0 Å². The lowest BCUT2D eigenvalue weighted by atomic mass is 10.1. The van der Waals surface area contributed by atoms with Gasteiger partial charge >= 0.3 is 0 Å². The molecule has 0 bridgehead atoms.